The fourth-order valence-corrected chi connectivity index (χ4v) is 3.19. The number of nitrogens with one attached hydrogen (secondary N) is 1. The molecular weight excluding hydrogens is 304 g/mol. The van der Waals surface area contributed by atoms with Crippen molar-refractivity contribution in [2.75, 3.05) is 18.0 Å². The van der Waals surface area contributed by atoms with Gasteiger partial charge in [0.25, 0.3) is 0 Å². The van der Waals surface area contributed by atoms with Crippen LogP contribution in [0, 0.1) is 5.92 Å². The summed E-state index contributed by atoms with van der Waals surface area (Å²) in [6.45, 7) is 11.8. The molecule has 2 unspecified atom stereocenters. The molecule has 2 heterocycles. The van der Waals surface area contributed by atoms with Gasteiger partial charge in [-0.2, -0.15) is 0 Å². The predicted molar refractivity (Wildman–Crippen MR) is 96.4 cm³/mol. The van der Waals surface area contributed by atoms with Crippen molar-refractivity contribution in [2.45, 2.75) is 65.5 Å². The van der Waals surface area contributed by atoms with E-state index in [1.807, 2.05) is 27.8 Å². The number of anilines is 1. The molecule has 2 rings (SSSR count). The summed E-state index contributed by atoms with van der Waals surface area (Å²) in [5, 5.41) is 2.99. The SMILES string of the molecule is CCc1cn(C)c(N2CCCC(C(C)NC(=O)OC(C)(C)C)C2)n1. The molecule has 6 nitrogen and oxygen atoms in total. The molecule has 1 aliphatic heterocycles. The monoisotopic (exact) mass is 336 g/mol. The zero-order valence-electron chi connectivity index (χ0n) is 15.9. The van der Waals surface area contributed by atoms with E-state index in [2.05, 4.69) is 34.8 Å². The number of imidazole rings is 1. The van der Waals surface area contributed by atoms with Gasteiger partial charge in [-0.15, -0.1) is 0 Å². The second-order valence-electron chi connectivity index (χ2n) is 7.78. The number of carbonyl (C=O) groups excluding carboxylic acids is 1. The predicted octanol–water partition coefficient (Wildman–Crippen LogP) is 3.11. The number of hydrogen-bond donors (Lipinski definition) is 1. The minimum atomic E-state index is -0.466. The van der Waals surface area contributed by atoms with Crippen LogP contribution in [0.2, 0.25) is 0 Å². The summed E-state index contributed by atoms with van der Waals surface area (Å²) in [5.74, 6) is 1.43. The summed E-state index contributed by atoms with van der Waals surface area (Å²) < 4.78 is 7.47. The minimum absolute atomic E-state index is 0.0774. The number of alkyl carbamates (subject to hydrolysis) is 1. The Balaban J connectivity index is 1.97. The van der Waals surface area contributed by atoms with Crippen molar-refractivity contribution < 1.29 is 9.53 Å². The van der Waals surface area contributed by atoms with Crippen LogP contribution in [-0.4, -0.2) is 40.4 Å². The molecule has 1 aromatic heterocycles. The molecule has 0 spiro atoms. The second kappa shape index (κ2) is 7.45. The molecule has 1 aliphatic rings. The number of nitrogens with zero attached hydrogens (tertiary/aromatic N) is 3. The standard InChI is InChI=1S/C18H32N4O2/c1-7-15-12-21(6)16(20-15)22-10-8-9-14(11-22)13(2)19-17(23)24-18(3,4)5/h12-14H,7-11H2,1-6H3,(H,19,23). The minimum Gasteiger partial charge on any atom is -0.444 e. The van der Waals surface area contributed by atoms with Gasteiger partial charge in [-0.25, -0.2) is 9.78 Å². The number of carbonyl (C=O) groups is 1. The highest BCUT2D eigenvalue weighted by atomic mass is 16.6. The van der Waals surface area contributed by atoms with E-state index < -0.39 is 5.60 Å². The zero-order chi connectivity index (χ0) is 17.9. The maximum absolute atomic E-state index is 12.0. The Morgan fingerprint density at radius 2 is 2.21 bits per heavy atom. The van der Waals surface area contributed by atoms with Crippen LogP contribution in [0.25, 0.3) is 0 Å². The van der Waals surface area contributed by atoms with Gasteiger partial charge < -0.3 is 19.5 Å². The third-order valence-corrected chi connectivity index (χ3v) is 4.46. The highest BCUT2D eigenvalue weighted by molar-refractivity contribution is 5.68. The molecule has 1 N–H and O–H groups in total. The van der Waals surface area contributed by atoms with Gasteiger partial charge in [0.2, 0.25) is 5.95 Å². The molecule has 136 valence electrons. The highest BCUT2D eigenvalue weighted by Crippen LogP contribution is 2.24. The Morgan fingerprint density at radius 3 is 2.79 bits per heavy atom. The summed E-state index contributed by atoms with van der Waals surface area (Å²) in [6, 6.07) is 0.0774. The summed E-state index contributed by atoms with van der Waals surface area (Å²) in [7, 11) is 2.05. The van der Waals surface area contributed by atoms with Crippen molar-refractivity contribution in [1.82, 2.24) is 14.9 Å². The lowest BCUT2D eigenvalue weighted by Gasteiger charge is -2.36. The Kier molecular flexibility index (Phi) is 5.78. The fraction of sp³-hybridized carbons (Fsp3) is 0.778. The number of ether oxygens (including phenoxy) is 1. The van der Waals surface area contributed by atoms with Crippen molar-refractivity contribution in [3.05, 3.63) is 11.9 Å². The smallest absolute Gasteiger partial charge is 0.407 e. The van der Waals surface area contributed by atoms with Gasteiger partial charge >= 0.3 is 6.09 Å². The Labute approximate surface area is 145 Å². The lowest BCUT2D eigenvalue weighted by molar-refractivity contribution is 0.0489. The molecular formula is C18H32N4O2. The summed E-state index contributed by atoms with van der Waals surface area (Å²) in [5.41, 5.74) is 0.654. The second-order valence-corrected chi connectivity index (χ2v) is 7.78. The van der Waals surface area contributed by atoms with Crippen molar-refractivity contribution in [3.63, 3.8) is 0 Å². The van der Waals surface area contributed by atoms with Gasteiger partial charge in [0.05, 0.1) is 5.69 Å². The lowest BCUT2D eigenvalue weighted by Crippen LogP contribution is -2.47. The number of amides is 1. The molecule has 0 aliphatic carbocycles. The Morgan fingerprint density at radius 1 is 1.50 bits per heavy atom. The topological polar surface area (TPSA) is 59.4 Å². The maximum atomic E-state index is 12.0. The average Bonchev–Trinajstić information content (AvgIpc) is 2.86. The molecule has 0 radical (unpaired) electrons. The first-order valence-corrected chi connectivity index (χ1v) is 8.96. The van der Waals surface area contributed by atoms with Crippen LogP contribution in [0.3, 0.4) is 0 Å². The van der Waals surface area contributed by atoms with Gasteiger partial charge in [0.1, 0.15) is 5.60 Å². The van der Waals surface area contributed by atoms with Gasteiger partial charge in [0, 0.05) is 32.4 Å². The number of hydrogen-bond acceptors (Lipinski definition) is 4. The summed E-state index contributed by atoms with van der Waals surface area (Å²) >= 11 is 0. The molecule has 1 amide bonds. The summed E-state index contributed by atoms with van der Waals surface area (Å²) in [6.07, 6.45) is 4.93. The van der Waals surface area contributed by atoms with E-state index in [-0.39, 0.29) is 12.1 Å². The molecule has 1 saturated heterocycles. The molecule has 2 atom stereocenters. The van der Waals surface area contributed by atoms with E-state index in [1.54, 1.807) is 0 Å². The highest BCUT2D eigenvalue weighted by Gasteiger charge is 2.28. The molecule has 6 heteroatoms. The van der Waals surface area contributed by atoms with Gasteiger partial charge in [-0.05, 0) is 52.9 Å². The van der Waals surface area contributed by atoms with E-state index in [0.29, 0.717) is 5.92 Å². The Bertz CT molecular complexity index is 562. The molecule has 1 fully saturated rings. The largest absolute Gasteiger partial charge is 0.444 e. The molecule has 0 saturated carbocycles. The Hall–Kier alpha value is -1.72. The van der Waals surface area contributed by atoms with Crippen LogP contribution in [0.4, 0.5) is 10.7 Å². The third kappa shape index (κ3) is 4.89. The van der Waals surface area contributed by atoms with Gasteiger partial charge in [-0.3, -0.25) is 0 Å². The van der Waals surface area contributed by atoms with Crippen LogP contribution in [0.1, 0.15) is 53.2 Å². The number of aryl methyl sites for hydroxylation is 2. The van der Waals surface area contributed by atoms with Crippen molar-refractivity contribution in [1.29, 1.82) is 0 Å². The fourth-order valence-electron chi connectivity index (χ4n) is 3.19. The van der Waals surface area contributed by atoms with E-state index in [4.69, 9.17) is 9.72 Å². The van der Waals surface area contributed by atoms with Gasteiger partial charge in [0.15, 0.2) is 0 Å². The first-order chi connectivity index (χ1) is 11.2. The third-order valence-electron chi connectivity index (χ3n) is 4.46. The molecule has 0 bridgehead atoms. The van der Waals surface area contributed by atoms with Crippen LogP contribution in [0.5, 0.6) is 0 Å². The number of piperidine rings is 1. The maximum Gasteiger partial charge on any atom is 0.407 e. The van der Waals surface area contributed by atoms with Crippen LogP contribution in [0.15, 0.2) is 6.20 Å². The van der Waals surface area contributed by atoms with Crippen molar-refractivity contribution in [2.24, 2.45) is 13.0 Å². The van der Waals surface area contributed by atoms with Crippen molar-refractivity contribution in [3.8, 4) is 0 Å². The van der Waals surface area contributed by atoms with E-state index >= 15 is 0 Å². The van der Waals surface area contributed by atoms with Crippen molar-refractivity contribution >= 4 is 12.0 Å². The zero-order valence-corrected chi connectivity index (χ0v) is 15.9. The quantitative estimate of drug-likeness (QED) is 0.918. The first-order valence-electron chi connectivity index (χ1n) is 8.96. The average molecular weight is 336 g/mol. The van der Waals surface area contributed by atoms with E-state index in [1.165, 1.54) is 0 Å². The number of rotatable bonds is 4. The van der Waals surface area contributed by atoms with Crippen LogP contribution >= 0.6 is 0 Å². The normalized spacial score (nSPS) is 19.9. The molecule has 24 heavy (non-hydrogen) atoms. The first kappa shape index (κ1) is 18.6. The number of aromatic nitrogens is 2. The van der Waals surface area contributed by atoms with Gasteiger partial charge in [-0.1, -0.05) is 6.92 Å². The summed E-state index contributed by atoms with van der Waals surface area (Å²) in [4.78, 5) is 19.1. The van der Waals surface area contributed by atoms with Crippen LogP contribution in [-0.2, 0) is 18.2 Å². The van der Waals surface area contributed by atoms with E-state index in [9.17, 15) is 4.79 Å². The van der Waals surface area contributed by atoms with Crippen LogP contribution < -0.4 is 10.2 Å². The van der Waals surface area contributed by atoms with E-state index in [0.717, 1.165) is 44.0 Å². The molecule has 1 aromatic rings. The lowest BCUT2D eigenvalue weighted by atomic mass is 9.92. The molecule has 0 aromatic carbocycles.